The van der Waals surface area contributed by atoms with E-state index in [1.54, 1.807) is 18.6 Å². The molecule has 160 valence electrons. The molecular weight excluding hydrogens is 393 g/mol. The number of ether oxygens (including phenoxy) is 1. The van der Waals surface area contributed by atoms with E-state index in [0.29, 0.717) is 13.0 Å². The van der Waals surface area contributed by atoms with Crippen molar-refractivity contribution in [2.24, 2.45) is 0 Å². The number of imidazole rings is 1. The summed E-state index contributed by atoms with van der Waals surface area (Å²) in [4.78, 5) is 16.2. The molecule has 0 fully saturated rings. The first kappa shape index (κ1) is 20.8. The molecule has 0 aliphatic carbocycles. The summed E-state index contributed by atoms with van der Waals surface area (Å²) in [6, 6.07) is 13.1. The monoisotopic (exact) mass is 419 g/mol. The second-order valence-electron chi connectivity index (χ2n) is 7.99. The number of halogens is 1. The van der Waals surface area contributed by atoms with Gasteiger partial charge in [0.2, 0.25) is 0 Å². The lowest BCUT2D eigenvalue weighted by molar-refractivity contribution is -0.147. The fraction of sp³-hybridized carbons (Fsp3) is 0.280. The van der Waals surface area contributed by atoms with Crippen LogP contribution in [-0.2, 0) is 22.5 Å². The first-order chi connectivity index (χ1) is 14.9. The van der Waals surface area contributed by atoms with E-state index < -0.39 is 0 Å². The molecule has 0 N–H and O–H groups in total. The number of nitrogens with zero attached hydrogens (tertiary/aromatic N) is 3. The summed E-state index contributed by atoms with van der Waals surface area (Å²) < 4.78 is 23.4. The number of aryl methyl sites for hydroxylation is 1. The van der Waals surface area contributed by atoms with Crippen molar-refractivity contribution < 1.29 is 13.9 Å². The summed E-state index contributed by atoms with van der Waals surface area (Å²) >= 11 is 0. The van der Waals surface area contributed by atoms with Gasteiger partial charge in [-0.05, 0) is 68.7 Å². The van der Waals surface area contributed by atoms with Gasteiger partial charge in [-0.2, -0.15) is 0 Å². The quantitative estimate of drug-likeness (QED) is 0.387. The van der Waals surface area contributed by atoms with Crippen LogP contribution in [0.2, 0.25) is 0 Å². The van der Waals surface area contributed by atoms with E-state index in [1.165, 1.54) is 6.07 Å². The van der Waals surface area contributed by atoms with Gasteiger partial charge in [0, 0.05) is 41.2 Å². The Kier molecular flexibility index (Phi) is 5.89. The van der Waals surface area contributed by atoms with Crippen LogP contribution in [0.1, 0.15) is 37.1 Å². The van der Waals surface area contributed by atoms with Gasteiger partial charge in [0.25, 0.3) is 0 Å². The maximum Gasteiger partial charge on any atom is 0.306 e. The molecule has 0 atom stereocenters. The Morgan fingerprint density at radius 2 is 1.94 bits per heavy atom. The molecule has 0 saturated heterocycles. The van der Waals surface area contributed by atoms with Crippen LogP contribution in [0.4, 0.5) is 4.39 Å². The highest BCUT2D eigenvalue weighted by Crippen LogP contribution is 2.29. The van der Waals surface area contributed by atoms with Crippen molar-refractivity contribution >= 4 is 16.9 Å². The van der Waals surface area contributed by atoms with Gasteiger partial charge in [0.1, 0.15) is 5.82 Å². The summed E-state index contributed by atoms with van der Waals surface area (Å²) in [5.74, 6) is -0.481. The molecule has 0 saturated carbocycles. The van der Waals surface area contributed by atoms with E-state index in [0.717, 1.165) is 33.4 Å². The van der Waals surface area contributed by atoms with Gasteiger partial charge in [-0.1, -0.05) is 12.1 Å². The van der Waals surface area contributed by atoms with E-state index in [9.17, 15) is 9.18 Å². The molecular formula is C25H26FN3O2. The van der Waals surface area contributed by atoms with Crippen molar-refractivity contribution in [3.05, 3.63) is 83.8 Å². The van der Waals surface area contributed by atoms with E-state index in [2.05, 4.69) is 33.8 Å². The van der Waals surface area contributed by atoms with Gasteiger partial charge in [-0.15, -0.1) is 0 Å². The van der Waals surface area contributed by atoms with E-state index >= 15 is 0 Å². The van der Waals surface area contributed by atoms with Crippen molar-refractivity contribution in [3.8, 4) is 5.69 Å². The molecule has 0 amide bonds. The van der Waals surface area contributed by atoms with E-state index in [1.807, 2.05) is 37.6 Å². The van der Waals surface area contributed by atoms with Crippen molar-refractivity contribution in [3.63, 3.8) is 0 Å². The van der Waals surface area contributed by atoms with Crippen LogP contribution in [0.3, 0.4) is 0 Å². The summed E-state index contributed by atoms with van der Waals surface area (Å²) in [6.07, 6.45) is 6.11. The normalized spacial score (nSPS) is 11.4. The molecule has 2 aromatic carbocycles. The van der Waals surface area contributed by atoms with Crippen LogP contribution in [0, 0.1) is 12.7 Å². The molecule has 0 unspecified atom stereocenters. The predicted octanol–water partition coefficient (Wildman–Crippen LogP) is 5.21. The zero-order valence-electron chi connectivity index (χ0n) is 18.0. The molecule has 5 nitrogen and oxygen atoms in total. The number of aromatic nitrogens is 3. The van der Waals surface area contributed by atoms with Gasteiger partial charge < -0.3 is 13.9 Å². The number of fused-ring (bicyclic) bond motifs is 1. The van der Waals surface area contributed by atoms with Gasteiger partial charge in [0.15, 0.2) is 0 Å². The van der Waals surface area contributed by atoms with E-state index in [-0.39, 0.29) is 24.3 Å². The number of rotatable bonds is 7. The van der Waals surface area contributed by atoms with Gasteiger partial charge in [-0.3, -0.25) is 4.79 Å². The van der Waals surface area contributed by atoms with E-state index in [4.69, 9.17) is 4.74 Å². The maximum absolute atomic E-state index is 13.9. The fourth-order valence-corrected chi connectivity index (χ4v) is 3.96. The Bertz CT molecular complexity index is 1190. The first-order valence-electron chi connectivity index (χ1n) is 10.5. The van der Waals surface area contributed by atoms with Gasteiger partial charge >= 0.3 is 5.97 Å². The maximum atomic E-state index is 13.9. The molecule has 0 radical (unpaired) electrons. The molecule has 0 spiro atoms. The number of carbonyl (C=O) groups excluding carboxylic acids is 1. The lowest BCUT2D eigenvalue weighted by Gasteiger charge is -2.13. The van der Waals surface area contributed by atoms with Crippen LogP contribution in [0.25, 0.3) is 16.6 Å². The minimum absolute atomic E-state index is 0.137. The molecule has 2 aromatic heterocycles. The SMILES string of the molecule is Cc1c(CCC(=O)OC(C)C)n(Cc2ccc(-n3ccnc3)cc2)c2ccc(F)cc12. The standard InChI is InChI=1S/C25H26FN3O2/c1-17(2)31-25(30)11-10-23-18(3)22-14-20(26)6-9-24(22)29(23)15-19-4-7-21(8-5-19)28-13-12-27-16-28/h4-9,12-14,16-17H,10-11,15H2,1-3H3. The molecule has 2 heterocycles. The minimum Gasteiger partial charge on any atom is -0.463 e. The van der Waals surface area contributed by atoms with Crippen LogP contribution in [0.5, 0.6) is 0 Å². The van der Waals surface area contributed by atoms with Crippen LogP contribution in [0.15, 0.2) is 61.2 Å². The Balaban J connectivity index is 1.65. The topological polar surface area (TPSA) is 49.0 Å². The smallest absolute Gasteiger partial charge is 0.306 e. The number of esters is 1. The average Bonchev–Trinajstić information content (AvgIpc) is 3.35. The third kappa shape index (κ3) is 4.53. The Labute approximate surface area is 181 Å². The van der Waals surface area contributed by atoms with Gasteiger partial charge in [0.05, 0.1) is 18.9 Å². The fourth-order valence-electron chi connectivity index (χ4n) is 3.96. The summed E-state index contributed by atoms with van der Waals surface area (Å²) in [5, 5.41) is 0.877. The summed E-state index contributed by atoms with van der Waals surface area (Å²) in [6.45, 7) is 6.31. The largest absolute Gasteiger partial charge is 0.463 e. The minimum atomic E-state index is -0.261. The third-order valence-corrected chi connectivity index (χ3v) is 5.42. The lowest BCUT2D eigenvalue weighted by Crippen LogP contribution is -2.13. The Hall–Kier alpha value is -3.41. The van der Waals surface area contributed by atoms with Crippen molar-refractivity contribution in [1.82, 2.24) is 14.1 Å². The molecule has 0 aliphatic rings. The molecule has 4 aromatic rings. The molecule has 4 rings (SSSR count). The van der Waals surface area contributed by atoms with Crippen molar-refractivity contribution in [2.45, 2.75) is 46.3 Å². The number of hydrogen-bond donors (Lipinski definition) is 0. The summed E-state index contributed by atoms with van der Waals surface area (Å²) in [5.41, 5.74) is 5.15. The molecule has 0 bridgehead atoms. The number of carbonyl (C=O) groups is 1. The zero-order chi connectivity index (χ0) is 22.0. The highest BCUT2D eigenvalue weighted by molar-refractivity contribution is 5.85. The second kappa shape index (κ2) is 8.76. The van der Waals surface area contributed by atoms with Crippen molar-refractivity contribution in [2.75, 3.05) is 0 Å². The molecule has 31 heavy (non-hydrogen) atoms. The molecule has 0 aliphatic heterocycles. The zero-order valence-corrected chi connectivity index (χ0v) is 18.0. The average molecular weight is 420 g/mol. The highest BCUT2D eigenvalue weighted by Gasteiger charge is 2.17. The van der Waals surface area contributed by atoms with Crippen LogP contribution < -0.4 is 0 Å². The Morgan fingerprint density at radius 3 is 2.61 bits per heavy atom. The van der Waals surface area contributed by atoms with Crippen LogP contribution in [-0.4, -0.2) is 26.2 Å². The first-order valence-corrected chi connectivity index (χ1v) is 10.5. The number of benzene rings is 2. The summed E-state index contributed by atoms with van der Waals surface area (Å²) in [7, 11) is 0. The highest BCUT2D eigenvalue weighted by atomic mass is 19.1. The predicted molar refractivity (Wildman–Crippen MR) is 119 cm³/mol. The second-order valence-corrected chi connectivity index (χ2v) is 7.99. The number of hydrogen-bond acceptors (Lipinski definition) is 3. The van der Waals surface area contributed by atoms with Crippen molar-refractivity contribution in [1.29, 1.82) is 0 Å². The lowest BCUT2D eigenvalue weighted by atomic mass is 10.1. The third-order valence-electron chi connectivity index (χ3n) is 5.42. The van der Waals surface area contributed by atoms with Crippen LogP contribution >= 0.6 is 0 Å². The molecule has 6 heteroatoms. The Morgan fingerprint density at radius 1 is 1.16 bits per heavy atom. The van der Waals surface area contributed by atoms with Gasteiger partial charge in [-0.25, -0.2) is 9.37 Å².